The van der Waals surface area contributed by atoms with Crippen LogP contribution in [0.4, 0.5) is 5.82 Å². The summed E-state index contributed by atoms with van der Waals surface area (Å²) >= 11 is 5.97. The fourth-order valence-corrected chi connectivity index (χ4v) is 3.69. The number of nitrogens with one attached hydrogen (secondary N) is 2. The number of carbonyl (C=O) groups excluding carboxylic acids is 1. The van der Waals surface area contributed by atoms with Crippen molar-refractivity contribution in [2.45, 2.75) is 18.9 Å². The number of anilines is 1. The van der Waals surface area contributed by atoms with E-state index < -0.39 is 0 Å². The zero-order valence-corrected chi connectivity index (χ0v) is 16.9. The number of nitrogens with zero attached hydrogens (tertiary/aromatic N) is 2. The van der Waals surface area contributed by atoms with Crippen LogP contribution >= 0.6 is 11.6 Å². The number of piperidine rings is 1. The molecular formula is C22H23ClN4O2. The summed E-state index contributed by atoms with van der Waals surface area (Å²) < 4.78 is 5.15. The predicted octanol–water partition coefficient (Wildman–Crippen LogP) is 4.14. The Morgan fingerprint density at radius 3 is 2.69 bits per heavy atom. The number of aromatic nitrogens is 2. The van der Waals surface area contributed by atoms with Gasteiger partial charge in [0, 0.05) is 35.8 Å². The number of hydrogen-bond donors (Lipinski definition) is 2. The number of halogens is 1. The first-order chi connectivity index (χ1) is 14.1. The monoisotopic (exact) mass is 410 g/mol. The van der Waals surface area contributed by atoms with Gasteiger partial charge in [0.05, 0.1) is 12.8 Å². The SMILES string of the molecule is COc1ccc(C(=O)N[C@H]2CCCN(c3cc(-c4ccc(Cl)cc4)[nH]n3)C2)cc1. The van der Waals surface area contributed by atoms with E-state index in [1.807, 2.05) is 30.3 Å². The van der Waals surface area contributed by atoms with Crippen LogP contribution in [0.1, 0.15) is 23.2 Å². The van der Waals surface area contributed by atoms with E-state index in [4.69, 9.17) is 16.3 Å². The van der Waals surface area contributed by atoms with E-state index in [1.54, 1.807) is 31.4 Å². The van der Waals surface area contributed by atoms with Crippen molar-refractivity contribution in [1.82, 2.24) is 15.5 Å². The van der Waals surface area contributed by atoms with E-state index in [1.165, 1.54) is 0 Å². The van der Waals surface area contributed by atoms with Gasteiger partial charge in [-0.15, -0.1) is 0 Å². The molecule has 2 aromatic carbocycles. The first-order valence-corrected chi connectivity index (χ1v) is 10.0. The molecular weight excluding hydrogens is 388 g/mol. The second-order valence-corrected chi connectivity index (χ2v) is 7.57. The Bertz CT molecular complexity index is 969. The molecule has 1 amide bonds. The van der Waals surface area contributed by atoms with Crippen molar-refractivity contribution >= 4 is 23.3 Å². The molecule has 1 aliphatic rings. The van der Waals surface area contributed by atoms with Gasteiger partial charge in [-0.1, -0.05) is 23.7 Å². The Labute approximate surface area is 174 Å². The van der Waals surface area contributed by atoms with Gasteiger partial charge in [0.25, 0.3) is 5.91 Å². The topological polar surface area (TPSA) is 70.2 Å². The fraction of sp³-hybridized carbons (Fsp3) is 0.273. The van der Waals surface area contributed by atoms with Gasteiger partial charge in [-0.2, -0.15) is 5.10 Å². The third-order valence-corrected chi connectivity index (χ3v) is 5.40. The first-order valence-electron chi connectivity index (χ1n) is 9.63. The smallest absolute Gasteiger partial charge is 0.251 e. The van der Waals surface area contributed by atoms with Crippen molar-refractivity contribution in [1.29, 1.82) is 0 Å². The molecule has 2 N–H and O–H groups in total. The fourth-order valence-electron chi connectivity index (χ4n) is 3.56. The maximum absolute atomic E-state index is 12.6. The quantitative estimate of drug-likeness (QED) is 0.663. The van der Waals surface area contributed by atoms with Crippen LogP contribution in [0.2, 0.25) is 5.02 Å². The van der Waals surface area contributed by atoms with Crippen molar-refractivity contribution in [2.24, 2.45) is 0 Å². The zero-order valence-electron chi connectivity index (χ0n) is 16.2. The molecule has 1 aromatic heterocycles. The number of amides is 1. The molecule has 1 saturated heterocycles. The van der Waals surface area contributed by atoms with Crippen molar-refractivity contribution in [3.63, 3.8) is 0 Å². The van der Waals surface area contributed by atoms with Crippen LogP contribution in [0.25, 0.3) is 11.3 Å². The summed E-state index contributed by atoms with van der Waals surface area (Å²) in [4.78, 5) is 14.8. The molecule has 6 nitrogen and oxygen atoms in total. The summed E-state index contributed by atoms with van der Waals surface area (Å²) in [5.74, 6) is 1.56. The highest BCUT2D eigenvalue weighted by atomic mass is 35.5. The minimum atomic E-state index is -0.0663. The van der Waals surface area contributed by atoms with E-state index in [0.717, 1.165) is 48.8 Å². The van der Waals surface area contributed by atoms with E-state index in [0.29, 0.717) is 10.6 Å². The Hall–Kier alpha value is -2.99. The molecule has 0 saturated carbocycles. The summed E-state index contributed by atoms with van der Waals surface area (Å²) in [5.41, 5.74) is 2.61. The number of H-pyrrole nitrogens is 1. The Kier molecular flexibility index (Phi) is 5.71. The Morgan fingerprint density at radius 2 is 1.97 bits per heavy atom. The van der Waals surface area contributed by atoms with Crippen LogP contribution < -0.4 is 15.0 Å². The number of ether oxygens (including phenoxy) is 1. The van der Waals surface area contributed by atoms with Gasteiger partial charge in [0.15, 0.2) is 5.82 Å². The molecule has 4 rings (SSSR count). The number of benzene rings is 2. The summed E-state index contributed by atoms with van der Waals surface area (Å²) in [6.07, 6.45) is 1.95. The molecule has 0 spiro atoms. The van der Waals surface area contributed by atoms with Gasteiger partial charge in [-0.3, -0.25) is 9.89 Å². The minimum Gasteiger partial charge on any atom is -0.497 e. The van der Waals surface area contributed by atoms with Crippen LogP contribution in [0.3, 0.4) is 0 Å². The average Bonchev–Trinajstić information content (AvgIpc) is 3.25. The molecule has 1 atom stereocenters. The van der Waals surface area contributed by atoms with Crippen LogP contribution in [0, 0.1) is 0 Å². The highest BCUT2D eigenvalue weighted by Crippen LogP contribution is 2.25. The summed E-state index contributed by atoms with van der Waals surface area (Å²) in [5, 5.41) is 11.4. The van der Waals surface area contributed by atoms with Crippen LogP contribution in [-0.2, 0) is 0 Å². The second-order valence-electron chi connectivity index (χ2n) is 7.13. The molecule has 2 heterocycles. The van der Waals surface area contributed by atoms with Gasteiger partial charge in [-0.05, 0) is 54.8 Å². The van der Waals surface area contributed by atoms with E-state index >= 15 is 0 Å². The molecule has 1 fully saturated rings. The first kappa shape index (κ1) is 19.3. The van der Waals surface area contributed by atoms with Crippen molar-refractivity contribution in [3.8, 4) is 17.0 Å². The number of aromatic amines is 1. The Balaban J connectivity index is 1.40. The molecule has 29 heavy (non-hydrogen) atoms. The molecule has 3 aromatic rings. The minimum absolute atomic E-state index is 0.0663. The second kappa shape index (κ2) is 8.57. The van der Waals surface area contributed by atoms with Crippen LogP contribution in [0.5, 0.6) is 5.75 Å². The third-order valence-electron chi connectivity index (χ3n) is 5.15. The highest BCUT2D eigenvalue weighted by molar-refractivity contribution is 6.30. The van der Waals surface area contributed by atoms with Crippen molar-refractivity contribution in [3.05, 3.63) is 65.2 Å². The number of methoxy groups -OCH3 is 1. The molecule has 0 radical (unpaired) electrons. The van der Waals surface area contributed by atoms with Gasteiger partial charge in [0.1, 0.15) is 5.75 Å². The number of rotatable bonds is 5. The van der Waals surface area contributed by atoms with Crippen molar-refractivity contribution < 1.29 is 9.53 Å². The lowest BCUT2D eigenvalue weighted by molar-refractivity contribution is 0.0933. The van der Waals surface area contributed by atoms with Gasteiger partial charge < -0.3 is 15.0 Å². The Morgan fingerprint density at radius 1 is 1.21 bits per heavy atom. The lowest BCUT2D eigenvalue weighted by Crippen LogP contribution is -2.48. The third kappa shape index (κ3) is 4.54. The van der Waals surface area contributed by atoms with E-state index in [2.05, 4.69) is 20.4 Å². The number of hydrogen-bond acceptors (Lipinski definition) is 4. The van der Waals surface area contributed by atoms with Gasteiger partial charge in [-0.25, -0.2) is 0 Å². The summed E-state index contributed by atoms with van der Waals surface area (Å²) in [7, 11) is 1.61. The summed E-state index contributed by atoms with van der Waals surface area (Å²) in [6.45, 7) is 1.65. The number of carbonyl (C=O) groups is 1. The summed E-state index contributed by atoms with van der Waals surface area (Å²) in [6, 6.07) is 16.9. The van der Waals surface area contributed by atoms with Crippen LogP contribution in [-0.4, -0.2) is 42.3 Å². The normalized spacial score (nSPS) is 16.5. The van der Waals surface area contributed by atoms with E-state index in [9.17, 15) is 4.79 Å². The zero-order chi connectivity index (χ0) is 20.2. The standard InChI is InChI=1S/C22H23ClN4O2/c1-29-19-10-6-16(7-11-19)22(28)24-18-3-2-12-27(14-18)21-13-20(25-26-21)15-4-8-17(23)9-5-15/h4-11,13,18H,2-3,12,14H2,1H3,(H,24,28)(H,25,26)/t18-/m0/s1. The molecule has 0 bridgehead atoms. The lowest BCUT2D eigenvalue weighted by Gasteiger charge is -2.33. The predicted molar refractivity (Wildman–Crippen MR) is 115 cm³/mol. The molecule has 150 valence electrons. The van der Waals surface area contributed by atoms with Crippen molar-refractivity contribution in [2.75, 3.05) is 25.1 Å². The van der Waals surface area contributed by atoms with Crippen LogP contribution in [0.15, 0.2) is 54.6 Å². The van der Waals surface area contributed by atoms with E-state index in [-0.39, 0.29) is 11.9 Å². The lowest BCUT2D eigenvalue weighted by atomic mass is 10.0. The van der Waals surface area contributed by atoms with Gasteiger partial charge in [0.2, 0.25) is 0 Å². The maximum Gasteiger partial charge on any atom is 0.251 e. The molecule has 0 unspecified atom stereocenters. The molecule has 0 aliphatic carbocycles. The largest absolute Gasteiger partial charge is 0.497 e. The highest BCUT2D eigenvalue weighted by Gasteiger charge is 2.23. The van der Waals surface area contributed by atoms with Gasteiger partial charge >= 0.3 is 0 Å². The molecule has 1 aliphatic heterocycles. The average molecular weight is 411 g/mol. The maximum atomic E-state index is 12.6. The molecule has 7 heteroatoms.